The monoisotopic (exact) mass is 317 g/mol. The lowest BCUT2D eigenvalue weighted by Crippen LogP contribution is -2.07. The Morgan fingerprint density at radius 2 is 2.14 bits per heavy atom. The van der Waals surface area contributed by atoms with E-state index in [9.17, 15) is 0 Å². The number of aliphatic hydroxyl groups is 1. The molecule has 0 aliphatic heterocycles. The second-order valence-electron chi connectivity index (χ2n) is 4.79. The molecule has 3 N–H and O–H groups in total. The van der Waals surface area contributed by atoms with Crippen molar-refractivity contribution >= 4 is 28.5 Å². The van der Waals surface area contributed by atoms with E-state index < -0.39 is 0 Å². The van der Waals surface area contributed by atoms with Gasteiger partial charge in [0.25, 0.3) is 0 Å². The van der Waals surface area contributed by atoms with Crippen LogP contribution in [0.5, 0.6) is 5.75 Å². The lowest BCUT2D eigenvalue weighted by atomic mass is 10.0. The van der Waals surface area contributed by atoms with Crippen LogP contribution in [0.3, 0.4) is 0 Å². The SMILES string of the molecule is COc1ccc(Cl)cc1-c1cc(NCCO)nc2[nH]ccc12. The standard InChI is InChI=1S/C16H16ClN3O2/c1-22-14-3-2-10(17)8-13(14)12-9-15(18-6-7-21)20-16-11(12)4-5-19-16/h2-5,8-9,21H,6-7H2,1H3,(H2,18,19,20). The summed E-state index contributed by atoms with van der Waals surface area (Å²) in [5.41, 5.74) is 2.63. The van der Waals surface area contributed by atoms with Gasteiger partial charge in [-0.2, -0.15) is 0 Å². The van der Waals surface area contributed by atoms with E-state index >= 15 is 0 Å². The molecular formula is C16H16ClN3O2. The molecule has 0 aliphatic carbocycles. The van der Waals surface area contributed by atoms with Gasteiger partial charge in [0, 0.05) is 34.3 Å². The predicted octanol–water partition coefficient (Wildman–Crippen LogP) is 3.30. The number of aliphatic hydroxyl groups excluding tert-OH is 1. The van der Waals surface area contributed by atoms with Gasteiger partial charge in [0.15, 0.2) is 0 Å². The molecule has 5 nitrogen and oxygen atoms in total. The molecule has 0 spiro atoms. The third-order valence-corrected chi connectivity index (χ3v) is 3.63. The number of nitrogens with one attached hydrogen (secondary N) is 2. The van der Waals surface area contributed by atoms with Gasteiger partial charge in [0.1, 0.15) is 17.2 Å². The molecule has 3 rings (SSSR count). The van der Waals surface area contributed by atoms with E-state index in [0.717, 1.165) is 27.9 Å². The molecule has 22 heavy (non-hydrogen) atoms. The van der Waals surface area contributed by atoms with Gasteiger partial charge < -0.3 is 20.1 Å². The highest BCUT2D eigenvalue weighted by Gasteiger charge is 2.13. The van der Waals surface area contributed by atoms with Gasteiger partial charge in [-0.25, -0.2) is 4.98 Å². The summed E-state index contributed by atoms with van der Waals surface area (Å²) >= 11 is 6.14. The molecule has 0 aliphatic rings. The lowest BCUT2D eigenvalue weighted by molar-refractivity contribution is 0.311. The normalized spacial score (nSPS) is 10.9. The van der Waals surface area contributed by atoms with E-state index in [1.807, 2.05) is 30.5 Å². The number of hydrogen-bond acceptors (Lipinski definition) is 4. The highest BCUT2D eigenvalue weighted by Crippen LogP contribution is 2.37. The fourth-order valence-electron chi connectivity index (χ4n) is 2.43. The van der Waals surface area contributed by atoms with E-state index in [1.165, 1.54) is 0 Å². The first-order valence-electron chi connectivity index (χ1n) is 6.89. The van der Waals surface area contributed by atoms with Crippen molar-refractivity contribution in [3.63, 3.8) is 0 Å². The first-order chi connectivity index (χ1) is 10.7. The Labute approximate surface area is 132 Å². The molecule has 0 amide bonds. The molecule has 0 bridgehead atoms. The number of methoxy groups -OCH3 is 1. The number of pyridine rings is 1. The summed E-state index contributed by atoms with van der Waals surface area (Å²) in [6.07, 6.45) is 1.84. The zero-order valence-corrected chi connectivity index (χ0v) is 12.8. The third kappa shape index (κ3) is 2.73. The molecule has 6 heteroatoms. The van der Waals surface area contributed by atoms with Gasteiger partial charge in [-0.05, 0) is 30.3 Å². The molecule has 0 fully saturated rings. The van der Waals surface area contributed by atoms with E-state index in [1.54, 1.807) is 13.2 Å². The maximum atomic E-state index is 8.97. The van der Waals surface area contributed by atoms with E-state index in [4.69, 9.17) is 21.4 Å². The zero-order valence-electron chi connectivity index (χ0n) is 12.1. The maximum Gasteiger partial charge on any atom is 0.140 e. The number of ether oxygens (including phenoxy) is 1. The van der Waals surface area contributed by atoms with Crippen LogP contribution < -0.4 is 10.1 Å². The number of rotatable bonds is 5. The molecule has 0 atom stereocenters. The fourth-order valence-corrected chi connectivity index (χ4v) is 2.60. The van der Waals surface area contributed by atoms with Crippen LogP contribution in [0.2, 0.25) is 5.02 Å². The minimum atomic E-state index is 0.0419. The Bertz CT molecular complexity index is 801. The van der Waals surface area contributed by atoms with Crippen LogP contribution >= 0.6 is 11.6 Å². The summed E-state index contributed by atoms with van der Waals surface area (Å²) in [6.45, 7) is 0.478. The quantitative estimate of drug-likeness (QED) is 0.675. The van der Waals surface area contributed by atoms with Gasteiger partial charge in [-0.1, -0.05) is 11.6 Å². The van der Waals surface area contributed by atoms with Crippen molar-refractivity contribution in [2.45, 2.75) is 0 Å². The van der Waals surface area contributed by atoms with Gasteiger partial charge >= 0.3 is 0 Å². The summed E-state index contributed by atoms with van der Waals surface area (Å²) in [6, 6.07) is 9.41. The molecule has 0 unspecified atom stereocenters. The predicted molar refractivity (Wildman–Crippen MR) is 88.7 cm³/mol. The van der Waals surface area contributed by atoms with Crippen molar-refractivity contribution in [2.75, 3.05) is 25.6 Å². The minimum Gasteiger partial charge on any atom is -0.496 e. The second kappa shape index (κ2) is 6.25. The molecule has 3 aromatic rings. The van der Waals surface area contributed by atoms with Crippen LogP contribution in [0.4, 0.5) is 5.82 Å². The van der Waals surface area contributed by atoms with Gasteiger partial charge in [-0.15, -0.1) is 0 Å². The van der Waals surface area contributed by atoms with Crippen LogP contribution in [0.15, 0.2) is 36.5 Å². The topological polar surface area (TPSA) is 70.2 Å². The molecule has 2 heterocycles. The van der Waals surface area contributed by atoms with Crippen LogP contribution in [0, 0.1) is 0 Å². The molecule has 0 saturated heterocycles. The Morgan fingerprint density at radius 1 is 1.27 bits per heavy atom. The van der Waals surface area contributed by atoms with E-state index in [-0.39, 0.29) is 6.61 Å². The summed E-state index contributed by atoms with van der Waals surface area (Å²) in [7, 11) is 1.63. The molecule has 1 aromatic carbocycles. The maximum absolute atomic E-state index is 8.97. The molecule has 2 aromatic heterocycles. The van der Waals surface area contributed by atoms with Crippen LogP contribution in [0.1, 0.15) is 0 Å². The summed E-state index contributed by atoms with van der Waals surface area (Å²) < 4.78 is 5.45. The summed E-state index contributed by atoms with van der Waals surface area (Å²) in [5.74, 6) is 1.42. The van der Waals surface area contributed by atoms with Gasteiger partial charge in [0.05, 0.1) is 13.7 Å². The van der Waals surface area contributed by atoms with E-state index in [2.05, 4.69) is 15.3 Å². The smallest absolute Gasteiger partial charge is 0.140 e. The van der Waals surface area contributed by atoms with Gasteiger partial charge in [0.2, 0.25) is 0 Å². The number of nitrogens with zero attached hydrogens (tertiary/aromatic N) is 1. The Kier molecular flexibility index (Phi) is 4.18. The average molecular weight is 318 g/mol. The van der Waals surface area contributed by atoms with Crippen LogP contribution in [-0.2, 0) is 0 Å². The zero-order chi connectivity index (χ0) is 15.5. The van der Waals surface area contributed by atoms with Gasteiger partial charge in [-0.3, -0.25) is 0 Å². The van der Waals surface area contributed by atoms with Crippen molar-refractivity contribution in [2.24, 2.45) is 0 Å². The number of benzene rings is 1. The first kappa shape index (κ1) is 14.7. The van der Waals surface area contributed by atoms with Crippen LogP contribution in [-0.4, -0.2) is 35.3 Å². The fraction of sp³-hybridized carbons (Fsp3) is 0.188. The highest BCUT2D eigenvalue weighted by molar-refractivity contribution is 6.31. The Hall–Kier alpha value is -2.24. The third-order valence-electron chi connectivity index (χ3n) is 3.40. The largest absolute Gasteiger partial charge is 0.496 e. The first-order valence-corrected chi connectivity index (χ1v) is 7.27. The van der Waals surface area contributed by atoms with Crippen molar-refractivity contribution in [1.29, 1.82) is 0 Å². The van der Waals surface area contributed by atoms with E-state index in [0.29, 0.717) is 17.4 Å². The molecule has 0 saturated carbocycles. The van der Waals surface area contributed by atoms with Crippen molar-refractivity contribution in [3.05, 3.63) is 41.6 Å². The Morgan fingerprint density at radius 3 is 2.91 bits per heavy atom. The second-order valence-corrected chi connectivity index (χ2v) is 5.23. The summed E-state index contributed by atoms with van der Waals surface area (Å²) in [5, 5.41) is 13.7. The van der Waals surface area contributed by atoms with Crippen LogP contribution in [0.25, 0.3) is 22.2 Å². The number of aromatic amines is 1. The molecular weight excluding hydrogens is 302 g/mol. The summed E-state index contributed by atoms with van der Waals surface area (Å²) in [4.78, 5) is 7.60. The number of halogens is 1. The minimum absolute atomic E-state index is 0.0419. The van der Waals surface area contributed by atoms with Crippen molar-refractivity contribution in [1.82, 2.24) is 9.97 Å². The number of fused-ring (bicyclic) bond motifs is 1. The Balaban J connectivity index is 2.20. The van der Waals surface area contributed by atoms with Crippen molar-refractivity contribution in [3.8, 4) is 16.9 Å². The number of hydrogen-bond donors (Lipinski definition) is 3. The number of aromatic nitrogens is 2. The highest BCUT2D eigenvalue weighted by atomic mass is 35.5. The number of H-pyrrole nitrogens is 1. The van der Waals surface area contributed by atoms with Crippen molar-refractivity contribution < 1.29 is 9.84 Å². The lowest BCUT2D eigenvalue weighted by Gasteiger charge is -2.12. The molecule has 114 valence electrons. The number of anilines is 1. The average Bonchev–Trinajstić information content (AvgIpc) is 3.00. The molecule has 0 radical (unpaired) electrons.